The summed E-state index contributed by atoms with van der Waals surface area (Å²) in [6, 6.07) is 3.11. The number of rotatable bonds is 8. The number of hydrogen-bond donors (Lipinski definition) is 2. The largest absolute Gasteiger partial charge is 0.475 e. The van der Waals surface area contributed by atoms with Gasteiger partial charge in [0, 0.05) is 38.2 Å². The zero-order valence-corrected chi connectivity index (χ0v) is 13.2. The van der Waals surface area contributed by atoms with Gasteiger partial charge in [0.05, 0.1) is 24.8 Å². The number of methoxy groups -OCH3 is 1. The van der Waals surface area contributed by atoms with Gasteiger partial charge in [0.1, 0.15) is 6.61 Å². The minimum Gasteiger partial charge on any atom is -0.475 e. The Balaban J connectivity index is 1.76. The lowest BCUT2D eigenvalue weighted by atomic mass is 10.3. The Kier molecular flexibility index (Phi) is 6.37. The average Bonchev–Trinajstić information content (AvgIpc) is 3.02. The van der Waals surface area contributed by atoms with E-state index in [-0.39, 0.29) is 12.1 Å². The topological polar surface area (TPSA) is 90.3 Å². The normalized spacial score (nSPS) is 11.7. The lowest BCUT2D eigenvalue weighted by molar-refractivity contribution is 0.144. The second-order valence-electron chi connectivity index (χ2n) is 4.99. The van der Waals surface area contributed by atoms with Crippen LogP contribution in [0.15, 0.2) is 37.1 Å². The summed E-state index contributed by atoms with van der Waals surface area (Å²) in [7, 11) is 1.61. The number of urea groups is 1. The molecule has 0 saturated heterocycles. The molecule has 1 unspecified atom stereocenters. The fourth-order valence-corrected chi connectivity index (χ4v) is 1.92. The second kappa shape index (κ2) is 8.74. The molecular formula is C15H21N5O3. The molecule has 2 N–H and O–H groups in total. The molecule has 0 fully saturated rings. The van der Waals surface area contributed by atoms with E-state index in [1.54, 1.807) is 38.0 Å². The molecule has 0 aliphatic rings. The van der Waals surface area contributed by atoms with E-state index in [4.69, 9.17) is 9.47 Å². The Morgan fingerprint density at radius 1 is 1.39 bits per heavy atom. The van der Waals surface area contributed by atoms with Gasteiger partial charge >= 0.3 is 6.03 Å². The quantitative estimate of drug-likeness (QED) is 0.720. The summed E-state index contributed by atoms with van der Waals surface area (Å²) < 4.78 is 12.1. The minimum atomic E-state index is -0.285. The molecule has 8 heteroatoms. The Hall–Kier alpha value is -2.61. The van der Waals surface area contributed by atoms with Gasteiger partial charge in [-0.2, -0.15) is 0 Å². The van der Waals surface area contributed by atoms with E-state index in [1.165, 1.54) is 0 Å². The third kappa shape index (κ3) is 5.95. The van der Waals surface area contributed by atoms with Gasteiger partial charge < -0.3 is 24.7 Å². The number of amides is 2. The number of carbonyl (C=O) groups excluding carboxylic acids is 1. The van der Waals surface area contributed by atoms with Crippen molar-refractivity contribution in [3.05, 3.63) is 37.1 Å². The lowest BCUT2D eigenvalue weighted by Gasteiger charge is -2.15. The van der Waals surface area contributed by atoms with Crippen LogP contribution >= 0.6 is 0 Å². The molecule has 0 spiro atoms. The first-order valence-electron chi connectivity index (χ1n) is 7.28. The third-order valence-electron chi connectivity index (χ3n) is 2.95. The molecule has 2 aromatic rings. The summed E-state index contributed by atoms with van der Waals surface area (Å²) in [5.74, 6) is 0.487. The number of hydrogen-bond acceptors (Lipinski definition) is 5. The van der Waals surface area contributed by atoms with Gasteiger partial charge in [-0.3, -0.25) is 0 Å². The summed E-state index contributed by atoms with van der Waals surface area (Å²) in [6.07, 6.45) is 6.81. The highest BCUT2D eigenvalue weighted by atomic mass is 16.5. The molecule has 0 radical (unpaired) electrons. The Labute approximate surface area is 134 Å². The number of aromatic nitrogens is 3. The average molecular weight is 319 g/mol. The SMILES string of the molecule is COCCOc1ccc(NC(=O)NC(C)Cn2ccnc2)cn1. The molecule has 2 heterocycles. The van der Waals surface area contributed by atoms with E-state index < -0.39 is 0 Å². The maximum Gasteiger partial charge on any atom is 0.319 e. The molecule has 0 saturated carbocycles. The fraction of sp³-hybridized carbons (Fsp3) is 0.400. The van der Waals surface area contributed by atoms with Crippen molar-refractivity contribution >= 4 is 11.7 Å². The Bertz CT molecular complexity index is 586. The highest BCUT2D eigenvalue weighted by Gasteiger charge is 2.08. The first-order chi connectivity index (χ1) is 11.2. The summed E-state index contributed by atoms with van der Waals surface area (Å²) in [4.78, 5) is 20.0. The molecule has 1 atom stereocenters. The molecule has 0 aromatic carbocycles. The number of nitrogens with one attached hydrogen (secondary N) is 2. The number of carbonyl (C=O) groups is 1. The Morgan fingerprint density at radius 3 is 2.91 bits per heavy atom. The van der Waals surface area contributed by atoms with Crippen LogP contribution in [0.5, 0.6) is 5.88 Å². The van der Waals surface area contributed by atoms with Crippen LogP contribution in [-0.2, 0) is 11.3 Å². The molecule has 23 heavy (non-hydrogen) atoms. The van der Waals surface area contributed by atoms with E-state index in [0.717, 1.165) is 0 Å². The molecule has 2 aromatic heterocycles. The molecular weight excluding hydrogens is 298 g/mol. The molecule has 0 aliphatic heterocycles. The second-order valence-corrected chi connectivity index (χ2v) is 4.99. The Morgan fingerprint density at radius 2 is 2.26 bits per heavy atom. The standard InChI is InChI=1S/C15H21N5O3/c1-12(10-20-6-5-16-11-20)18-15(21)19-13-3-4-14(17-9-13)23-8-7-22-2/h3-6,9,11-12H,7-8,10H2,1-2H3,(H2,18,19,21). The summed E-state index contributed by atoms with van der Waals surface area (Å²) >= 11 is 0. The number of imidazole rings is 1. The molecule has 2 amide bonds. The number of nitrogens with zero attached hydrogens (tertiary/aromatic N) is 3. The molecule has 0 aliphatic carbocycles. The van der Waals surface area contributed by atoms with Crippen LogP contribution in [-0.4, -0.2) is 46.9 Å². The van der Waals surface area contributed by atoms with Crippen LogP contribution in [0, 0.1) is 0 Å². The molecule has 0 bridgehead atoms. The highest BCUT2D eigenvalue weighted by molar-refractivity contribution is 5.89. The van der Waals surface area contributed by atoms with Crippen molar-refractivity contribution in [2.75, 3.05) is 25.6 Å². The maximum absolute atomic E-state index is 11.9. The zero-order chi connectivity index (χ0) is 16.5. The van der Waals surface area contributed by atoms with Crippen molar-refractivity contribution in [2.24, 2.45) is 0 Å². The van der Waals surface area contributed by atoms with E-state index in [1.807, 2.05) is 17.7 Å². The van der Waals surface area contributed by atoms with Crippen molar-refractivity contribution in [3.63, 3.8) is 0 Å². The van der Waals surface area contributed by atoms with Gasteiger partial charge in [0.2, 0.25) is 5.88 Å². The van der Waals surface area contributed by atoms with Crippen molar-refractivity contribution in [2.45, 2.75) is 19.5 Å². The molecule has 2 rings (SSSR count). The number of ether oxygens (including phenoxy) is 2. The number of pyridine rings is 1. The summed E-state index contributed by atoms with van der Waals surface area (Å²) in [5, 5.41) is 5.58. The van der Waals surface area contributed by atoms with Crippen LogP contribution < -0.4 is 15.4 Å². The van der Waals surface area contributed by atoms with Crippen LogP contribution in [0.25, 0.3) is 0 Å². The van der Waals surface area contributed by atoms with Gasteiger partial charge in [-0.1, -0.05) is 0 Å². The summed E-state index contributed by atoms with van der Waals surface area (Å²) in [6.45, 7) is 3.50. The predicted molar refractivity (Wildman–Crippen MR) is 85.5 cm³/mol. The van der Waals surface area contributed by atoms with Gasteiger partial charge in [-0.05, 0) is 13.0 Å². The van der Waals surface area contributed by atoms with E-state index in [0.29, 0.717) is 31.3 Å². The van der Waals surface area contributed by atoms with E-state index in [2.05, 4.69) is 20.6 Å². The van der Waals surface area contributed by atoms with Crippen LogP contribution in [0.2, 0.25) is 0 Å². The zero-order valence-electron chi connectivity index (χ0n) is 13.2. The highest BCUT2D eigenvalue weighted by Crippen LogP contribution is 2.11. The van der Waals surface area contributed by atoms with E-state index >= 15 is 0 Å². The lowest BCUT2D eigenvalue weighted by Crippen LogP contribution is -2.38. The van der Waals surface area contributed by atoms with E-state index in [9.17, 15) is 4.79 Å². The summed E-state index contributed by atoms with van der Waals surface area (Å²) in [5.41, 5.74) is 0.594. The minimum absolute atomic E-state index is 0.0335. The fourth-order valence-electron chi connectivity index (χ4n) is 1.92. The van der Waals surface area contributed by atoms with Crippen molar-refractivity contribution in [3.8, 4) is 5.88 Å². The van der Waals surface area contributed by atoms with Gasteiger partial charge in [0.15, 0.2) is 0 Å². The third-order valence-corrected chi connectivity index (χ3v) is 2.95. The number of anilines is 1. The predicted octanol–water partition coefficient (Wildman–Crippen LogP) is 1.51. The smallest absolute Gasteiger partial charge is 0.319 e. The first-order valence-corrected chi connectivity index (χ1v) is 7.28. The van der Waals surface area contributed by atoms with Gasteiger partial charge in [-0.25, -0.2) is 14.8 Å². The van der Waals surface area contributed by atoms with Crippen LogP contribution in [0.4, 0.5) is 10.5 Å². The van der Waals surface area contributed by atoms with Crippen LogP contribution in [0.1, 0.15) is 6.92 Å². The maximum atomic E-state index is 11.9. The molecule has 124 valence electrons. The van der Waals surface area contributed by atoms with Crippen LogP contribution in [0.3, 0.4) is 0 Å². The van der Waals surface area contributed by atoms with Crippen molar-refractivity contribution < 1.29 is 14.3 Å². The monoisotopic (exact) mass is 319 g/mol. The van der Waals surface area contributed by atoms with Crippen molar-refractivity contribution in [1.82, 2.24) is 19.9 Å². The first kappa shape index (κ1) is 16.8. The van der Waals surface area contributed by atoms with Crippen molar-refractivity contribution in [1.29, 1.82) is 0 Å². The van der Waals surface area contributed by atoms with Gasteiger partial charge in [-0.15, -0.1) is 0 Å². The molecule has 8 nitrogen and oxygen atoms in total. The van der Waals surface area contributed by atoms with Gasteiger partial charge in [0.25, 0.3) is 0 Å².